The molecule has 0 aliphatic rings. The van der Waals surface area contributed by atoms with Crippen molar-refractivity contribution < 1.29 is 14.7 Å². The second-order valence-electron chi connectivity index (χ2n) is 3.38. The maximum atomic E-state index is 11.1. The van der Waals surface area contributed by atoms with E-state index in [1.165, 1.54) is 0 Å². The van der Waals surface area contributed by atoms with Gasteiger partial charge in [-0.2, -0.15) is 0 Å². The molecular weight excluding hydrogens is 210 g/mol. The number of carboxylic acid groups (broad SMARTS) is 1. The van der Waals surface area contributed by atoms with Gasteiger partial charge in [0.05, 0.1) is 6.33 Å². The number of nitrogens with zero attached hydrogens (tertiary/aromatic N) is 2. The fraction of sp³-hybridized carbons (Fsp3) is 0.500. The maximum absolute atomic E-state index is 11.1. The highest BCUT2D eigenvalue weighted by molar-refractivity contribution is 5.79. The largest absolute Gasteiger partial charge is 0.550 e. The van der Waals surface area contributed by atoms with Crippen LogP contribution >= 0.6 is 0 Å². The highest BCUT2D eigenvalue weighted by Crippen LogP contribution is 1.90. The Bertz CT molecular complexity index is 335. The van der Waals surface area contributed by atoms with Crippen LogP contribution in [0.3, 0.4) is 0 Å². The van der Waals surface area contributed by atoms with Gasteiger partial charge in [-0.25, -0.2) is 4.98 Å². The summed E-state index contributed by atoms with van der Waals surface area (Å²) in [6, 6.07) is 0. The van der Waals surface area contributed by atoms with E-state index in [0.29, 0.717) is 6.54 Å². The predicted molar refractivity (Wildman–Crippen MR) is 54.1 cm³/mol. The molecule has 1 amide bonds. The quantitative estimate of drug-likeness (QED) is 0.597. The lowest BCUT2D eigenvalue weighted by Gasteiger charge is -2.06. The van der Waals surface area contributed by atoms with Crippen molar-refractivity contribution in [1.29, 1.82) is 0 Å². The number of carboxylic acids is 1. The number of amides is 1. The summed E-state index contributed by atoms with van der Waals surface area (Å²) in [6.07, 6.45) is 5.78. The van der Waals surface area contributed by atoms with Gasteiger partial charge < -0.3 is 19.8 Å². The minimum Gasteiger partial charge on any atom is -0.550 e. The van der Waals surface area contributed by atoms with Crippen LogP contribution in [0.2, 0.25) is 0 Å². The van der Waals surface area contributed by atoms with Crippen molar-refractivity contribution in [2.45, 2.75) is 25.8 Å². The molecule has 0 bridgehead atoms. The van der Waals surface area contributed by atoms with Crippen LogP contribution < -0.4 is 10.4 Å². The molecule has 0 aromatic carbocycles. The summed E-state index contributed by atoms with van der Waals surface area (Å²) >= 11 is 0. The standard InChI is InChI=1S/C10H15N3O3/c14-9(2-3-10(15)16)12-4-1-6-13-7-5-11-8-13/h5,7-8H,1-4,6H2,(H,12,14)(H,15,16)/p-1. The van der Waals surface area contributed by atoms with Gasteiger partial charge >= 0.3 is 0 Å². The molecule has 0 aliphatic heterocycles. The Labute approximate surface area is 93.3 Å². The van der Waals surface area contributed by atoms with E-state index in [1.807, 2.05) is 10.8 Å². The predicted octanol–water partition coefficient (Wildman–Crippen LogP) is -1.08. The number of imidazole rings is 1. The Morgan fingerprint density at radius 2 is 2.19 bits per heavy atom. The lowest BCUT2D eigenvalue weighted by Crippen LogP contribution is -2.28. The van der Waals surface area contributed by atoms with Crippen molar-refractivity contribution in [2.24, 2.45) is 0 Å². The average Bonchev–Trinajstić information content (AvgIpc) is 2.74. The molecule has 1 heterocycles. The van der Waals surface area contributed by atoms with Gasteiger partial charge in [0, 0.05) is 37.9 Å². The minimum atomic E-state index is -1.20. The fourth-order valence-electron chi connectivity index (χ4n) is 1.21. The molecule has 0 saturated carbocycles. The third kappa shape index (κ3) is 5.14. The number of nitrogens with one attached hydrogen (secondary N) is 1. The zero-order valence-electron chi connectivity index (χ0n) is 8.89. The van der Waals surface area contributed by atoms with Gasteiger partial charge in [-0.05, 0) is 12.8 Å². The van der Waals surface area contributed by atoms with Gasteiger partial charge in [0.1, 0.15) is 0 Å². The molecule has 0 aliphatic carbocycles. The molecule has 1 rings (SSSR count). The normalized spacial score (nSPS) is 10.0. The first kappa shape index (κ1) is 12.2. The number of carbonyl (C=O) groups excluding carboxylic acids is 2. The summed E-state index contributed by atoms with van der Waals surface area (Å²) in [5.74, 6) is -1.46. The molecule has 0 spiro atoms. The number of hydrogen-bond acceptors (Lipinski definition) is 4. The lowest BCUT2D eigenvalue weighted by atomic mass is 10.3. The fourth-order valence-corrected chi connectivity index (χ4v) is 1.21. The third-order valence-corrected chi connectivity index (χ3v) is 2.03. The number of rotatable bonds is 7. The monoisotopic (exact) mass is 224 g/mol. The Kier molecular flexibility index (Phi) is 5.04. The molecule has 0 atom stereocenters. The van der Waals surface area contributed by atoms with Crippen molar-refractivity contribution in [2.75, 3.05) is 6.54 Å². The van der Waals surface area contributed by atoms with E-state index in [9.17, 15) is 14.7 Å². The van der Waals surface area contributed by atoms with Crippen LogP contribution in [-0.4, -0.2) is 28.0 Å². The van der Waals surface area contributed by atoms with Crippen LogP contribution in [0.25, 0.3) is 0 Å². The Hall–Kier alpha value is -1.85. The van der Waals surface area contributed by atoms with Crippen molar-refractivity contribution >= 4 is 11.9 Å². The molecule has 6 heteroatoms. The number of hydrogen-bond donors (Lipinski definition) is 1. The van der Waals surface area contributed by atoms with E-state index < -0.39 is 5.97 Å². The second kappa shape index (κ2) is 6.60. The highest BCUT2D eigenvalue weighted by atomic mass is 16.4. The van der Waals surface area contributed by atoms with Crippen molar-refractivity contribution in [3.8, 4) is 0 Å². The van der Waals surface area contributed by atoms with Crippen molar-refractivity contribution in [1.82, 2.24) is 14.9 Å². The topological polar surface area (TPSA) is 87.0 Å². The molecule has 1 aromatic rings. The molecular formula is C10H14N3O3-. The average molecular weight is 224 g/mol. The summed E-state index contributed by atoms with van der Waals surface area (Å²) in [4.78, 5) is 25.1. The van der Waals surface area contributed by atoms with Crippen LogP contribution in [0.4, 0.5) is 0 Å². The molecule has 88 valence electrons. The summed E-state index contributed by atoms with van der Waals surface area (Å²) in [5, 5.41) is 12.7. The molecule has 0 saturated heterocycles. The van der Waals surface area contributed by atoms with Crippen LogP contribution in [0.15, 0.2) is 18.7 Å². The molecule has 0 unspecified atom stereocenters. The van der Waals surface area contributed by atoms with Gasteiger partial charge in [0.2, 0.25) is 5.91 Å². The SMILES string of the molecule is O=C([O-])CCC(=O)NCCCn1ccnc1. The summed E-state index contributed by atoms with van der Waals surface area (Å²) in [6.45, 7) is 1.31. The first-order chi connectivity index (χ1) is 7.68. The number of aromatic nitrogens is 2. The van der Waals surface area contributed by atoms with Crippen molar-refractivity contribution in [3.63, 3.8) is 0 Å². The lowest BCUT2D eigenvalue weighted by molar-refractivity contribution is -0.305. The Morgan fingerprint density at radius 3 is 2.81 bits per heavy atom. The molecule has 1 N–H and O–H groups in total. The highest BCUT2D eigenvalue weighted by Gasteiger charge is 2.00. The first-order valence-corrected chi connectivity index (χ1v) is 5.11. The zero-order chi connectivity index (χ0) is 11.8. The van der Waals surface area contributed by atoms with Crippen LogP contribution in [-0.2, 0) is 16.1 Å². The van der Waals surface area contributed by atoms with Crippen molar-refractivity contribution in [3.05, 3.63) is 18.7 Å². The molecule has 6 nitrogen and oxygen atoms in total. The smallest absolute Gasteiger partial charge is 0.220 e. The number of aliphatic carboxylic acids is 1. The molecule has 0 fully saturated rings. The molecule has 16 heavy (non-hydrogen) atoms. The maximum Gasteiger partial charge on any atom is 0.220 e. The van der Waals surface area contributed by atoms with Crippen LogP contribution in [0.1, 0.15) is 19.3 Å². The second-order valence-corrected chi connectivity index (χ2v) is 3.38. The van der Waals surface area contributed by atoms with Gasteiger partial charge in [0.25, 0.3) is 0 Å². The van der Waals surface area contributed by atoms with E-state index in [1.54, 1.807) is 12.5 Å². The minimum absolute atomic E-state index is 0.0204. The Morgan fingerprint density at radius 1 is 1.38 bits per heavy atom. The van der Waals surface area contributed by atoms with Crippen LogP contribution in [0.5, 0.6) is 0 Å². The number of carbonyl (C=O) groups is 2. The van der Waals surface area contributed by atoms with Crippen LogP contribution in [0, 0.1) is 0 Å². The zero-order valence-corrected chi connectivity index (χ0v) is 8.89. The van der Waals surface area contributed by atoms with Gasteiger partial charge in [-0.15, -0.1) is 0 Å². The summed E-state index contributed by atoms with van der Waals surface area (Å²) in [5.41, 5.74) is 0. The van der Waals surface area contributed by atoms with E-state index in [0.717, 1.165) is 13.0 Å². The van der Waals surface area contributed by atoms with E-state index in [4.69, 9.17) is 0 Å². The van der Waals surface area contributed by atoms with E-state index in [2.05, 4.69) is 10.3 Å². The molecule has 0 radical (unpaired) electrons. The van der Waals surface area contributed by atoms with Gasteiger partial charge in [-0.3, -0.25) is 4.79 Å². The van der Waals surface area contributed by atoms with Gasteiger partial charge in [-0.1, -0.05) is 0 Å². The van der Waals surface area contributed by atoms with E-state index in [-0.39, 0.29) is 18.7 Å². The molecule has 1 aromatic heterocycles. The van der Waals surface area contributed by atoms with E-state index >= 15 is 0 Å². The first-order valence-electron chi connectivity index (χ1n) is 5.11. The number of aryl methyl sites for hydroxylation is 1. The van der Waals surface area contributed by atoms with Gasteiger partial charge in [0.15, 0.2) is 0 Å². The summed E-state index contributed by atoms with van der Waals surface area (Å²) in [7, 11) is 0. The Balaban J connectivity index is 2.02. The third-order valence-electron chi connectivity index (χ3n) is 2.03. The summed E-state index contributed by atoms with van der Waals surface area (Å²) < 4.78 is 1.91.